The Morgan fingerprint density at radius 2 is 1.70 bits per heavy atom. The maximum Gasteiger partial charge on any atom is 0.330 e. The van der Waals surface area contributed by atoms with Crippen LogP contribution in [0.3, 0.4) is 0 Å². The van der Waals surface area contributed by atoms with E-state index in [1.54, 1.807) is 0 Å². The van der Waals surface area contributed by atoms with Gasteiger partial charge in [-0.25, -0.2) is 4.79 Å². The second-order valence-corrected chi connectivity index (χ2v) is 13.6. The Morgan fingerprint density at radius 3 is 2.36 bits per heavy atom. The summed E-state index contributed by atoms with van der Waals surface area (Å²) in [6.45, 7) is 7.62. The van der Waals surface area contributed by atoms with Gasteiger partial charge in [0.1, 0.15) is 24.7 Å². The van der Waals surface area contributed by atoms with E-state index in [-0.39, 0.29) is 25.6 Å². The monoisotopic (exact) mass is 624 g/mol. The van der Waals surface area contributed by atoms with Gasteiger partial charge < -0.3 is 29.7 Å². The quantitative estimate of drug-likeness (QED) is 0.265. The Labute approximate surface area is 261 Å². The minimum absolute atomic E-state index is 0.0805. The molecule has 0 saturated carbocycles. The van der Waals surface area contributed by atoms with Gasteiger partial charge in [0.05, 0.1) is 25.1 Å². The topological polar surface area (TPSA) is 129 Å². The summed E-state index contributed by atoms with van der Waals surface area (Å²) in [4.78, 5) is 58.2. The number of aliphatic hydroxyl groups excluding tert-OH is 1. The van der Waals surface area contributed by atoms with Crippen LogP contribution in [0.15, 0.2) is 60.7 Å². The van der Waals surface area contributed by atoms with Crippen LogP contribution >= 0.6 is 11.8 Å². The first-order valence-corrected chi connectivity index (χ1v) is 15.8. The van der Waals surface area contributed by atoms with Gasteiger partial charge in [-0.2, -0.15) is 0 Å². The number of morpholine rings is 1. The second-order valence-electron chi connectivity index (χ2n) is 11.8. The molecule has 236 valence electrons. The largest absolute Gasteiger partial charge is 0.459 e. The number of nitrogens with one attached hydrogen (secondary N) is 1. The number of aliphatic hydroxyl groups is 1. The summed E-state index contributed by atoms with van der Waals surface area (Å²) in [5, 5.41) is 13.6. The molecule has 0 aliphatic carbocycles. The molecule has 0 radical (unpaired) electrons. The van der Waals surface area contributed by atoms with E-state index in [1.807, 2.05) is 74.5 Å². The lowest BCUT2D eigenvalue weighted by Gasteiger charge is -2.45. The summed E-state index contributed by atoms with van der Waals surface area (Å²) < 4.78 is 10.2. The van der Waals surface area contributed by atoms with E-state index in [0.29, 0.717) is 26.3 Å². The van der Waals surface area contributed by atoms with Gasteiger partial charge in [0, 0.05) is 37.5 Å². The smallest absolute Gasteiger partial charge is 0.330 e. The minimum Gasteiger partial charge on any atom is -0.459 e. The molecule has 2 N–H and O–H groups in total. The zero-order chi connectivity index (χ0) is 31.3. The standard InChI is InChI=1S/C32H40N4O7S/c1-32(2)27(31(41)43-21-23-11-7-4-8-12-23)36-28(39)25(30(36)44-32)26(38)29(40)35(19-22-9-5-3-6-10-22)20-24(37)33-13-14-34-15-17-42-18-16-34/h3-12,25-27,30,38H,13-21H2,1-2H3,(H,33,37)/t25-,26+,27+,30-/m1/s1. The number of thioether (sulfide) groups is 1. The lowest BCUT2D eigenvalue weighted by Crippen LogP contribution is -2.67. The SMILES string of the molecule is CC1(C)S[C@@H]2[C@H]([C@H](O)C(=O)N(CC(=O)NCCN3CCOCC3)Cc3ccccc3)C(=O)N2[C@H]1C(=O)OCc1ccccc1. The van der Waals surface area contributed by atoms with E-state index < -0.39 is 46.0 Å². The molecule has 11 nitrogen and oxygen atoms in total. The number of benzene rings is 2. The van der Waals surface area contributed by atoms with Crippen LogP contribution in [0.5, 0.6) is 0 Å². The van der Waals surface area contributed by atoms with Crippen LogP contribution in [0.1, 0.15) is 25.0 Å². The first-order valence-electron chi connectivity index (χ1n) is 14.9. The third kappa shape index (κ3) is 7.26. The van der Waals surface area contributed by atoms with Crippen molar-refractivity contribution in [2.45, 2.75) is 49.3 Å². The molecule has 3 aliphatic heterocycles. The summed E-state index contributed by atoms with van der Waals surface area (Å²) in [5.74, 6) is -3.11. The third-order valence-corrected chi connectivity index (χ3v) is 9.83. The zero-order valence-corrected chi connectivity index (χ0v) is 25.9. The van der Waals surface area contributed by atoms with Crippen molar-refractivity contribution in [3.63, 3.8) is 0 Å². The fourth-order valence-corrected chi connectivity index (χ4v) is 7.60. The van der Waals surface area contributed by atoms with Crippen molar-refractivity contribution in [3.8, 4) is 0 Å². The van der Waals surface area contributed by atoms with E-state index >= 15 is 0 Å². The van der Waals surface area contributed by atoms with Crippen molar-refractivity contribution in [2.75, 3.05) is 45.9 Å². The Kier molecular flexibility index (Phi) is 10.2. The first kappa shape index (κ1) is 32.0. The number of rotatable bonds is 12. The second kappa shape index (κ2) is 14.1. The number of ether oxygens (including phenoxy) is 2. The Hall–Kier alpha value is -3.45. The van der Waals surface area contributed by atoms with Crippen LogP contribution in [0.4, 0.5) is 0 Å². The van der Waals surface area contributed by atoms with Crippen LogP contribution in [-0.4, -0.2) is 112 Å². The predicted octanol–water partition coefficient (Wildman–Crippen LogP) is 1.25. The highest BCUT2D eigenvalue weighted by atomic mass is 32.2. The van der Waals surface area contributed by atoms with Crippen molar-refractivity contribution in [1.29, 1.82) is 0 Å². The van der Waals surface area contributed by atoms with Gasteiger partial charge in [-0.05, 0) is 25.0 Å². The normalized spacial score (nSPS) is 23.3. The highest BCUT2D eigenvalue weighted by Crippen LogP contribution is 2.54. The van der Waals surface area contributed by atoms with Gasteiger partial charge in [-0.3, -0.25) is 19.3 Å². The van der Waals surface area contributed by atoms with Gasteiger partial charge in [-0.15, -0.1) is 11.8 Å². The van der Waals surface area contributed by atoms with E-state index in [0.717, 1.165) is 24.2 Å². The lowest BCUT2D eigenvalue weighted by molar-refractivity contribution is -0.175. The van der Waals surface area contributed by atoms with E-state index in [1.165, 1.54) is 21.6 Å². The summed E-state index contributed by atoms with van der Waals surface area (Å²) in [6.07, 6.45) is -1.67. The van der Waals surface area contributed by atoms with Gasteiger partial charge >= 0.3 is 5.97 Å². The number of amides is 3. The van der Waals surface area contributed by atoms with Crippen LogP contribution in [0, 0.1) is 5.92 Å². The molecule has 3 amide bonds. The highest BCUT2D eigenvalue weighted by Gasteiger charge is 2.66. The van der Waals surface area contributed by atoms with Crippen molar-refractivity contribution in [2.24, 2.45) is 5.92 Å². The van der Waals surface area contributed by atoms with Gasteiger partial charge in [0.15, 0.2) is 0 Å². The predicted molar refractivity (Wildman–Crippen MR) is 164 cm³/mol. The van der Waals surface area contributed by atoms with Crippen molar-refractivity contribution >= 4 is 35.5 Å². The molecular formula is C32H40N4O7S. The average Bonchev–Trinajstić information content (AvgIpc) is 3.27. The molecule has 4 atom stereocenters. The van der Waals surface area contributed by atoms with Crippen molar-refractivity contribution < 1.29 is 33.8 Å². The molecule has 3 saturated heterocycles. The number of hydrogen-bond acceptors (Lipinski definition) is 9. The molecule has 3 fully saturated rings. The molecule has 3 aliphatic rings. The third-order valence-electron chi connectivity index (χ3n) is 8.24. The summed E-state index contributed by atoms with van der Waals surface area (Å²) in [6, 6.07) is 17.6. The molecule has 5 rings (SSSR count). The molecule has 3 heterocycles. The van der Waals surface area contributed by atoms with Crippen LogP contribution in [0.25, 0.3) is 0 Å². The summed E-state index contributed by atoms with van der Waals surface area (Å²) in [5.41, 5.74) is 1.62. The van der Waals surface area contributed by atoms with Crippen LogP contribution < -0.4 is 5.32 Å². The molecule has 12 heteroatoms. The number of β-lactam (4-membered cyclic amide) rings is 1. The Morgan fingerprint density at radius 1 is 1.07 bits per heavy atom. The molecule has 2 aromatic carbocycles. The van der Waals surface area contributed by atoms with E-state index in [2.05, 4.69) is 10.2 Å². The number of esters is 1. The minimum atomic E-state index is -1.67. The Bertz CT molecular complexity index is 1320. The van der Waals surface area contributed by atoms with Crippen molar-refractivity contribution in [3.05, 3.63) is 71.8 Å². The van der Waals surface area contributed by atoms with E-state index in [9.17, 15) is 24.3 Å². The zero-order valence-electron chi connectivity index (χ0n) is 25.1. The molecule has 0 bridgehead atoms. The molecule has 0 aromatic heterocycles. The molecule has 0 unspecified atom stereocenters. The van der Waals surface area contributed by atoms with Crippen molar-refractivity contribution in [1.82, 2.24) is 20.0 Å². The van der Waals surface area contributed by atoms with E-state index in [4.69, 9.17) is 9.47 Å². The van der Waals surface area contributed by atoms with Crippen LogP contribution in [0.2, 0.25) is 0 Å². The number of carbonyl (C=O) groups excluding carboxylic acids is 4. The Balaban J connectivity index is 1.23. The number of carbonyl (C=O) groups is 4. The number of fused-ring (bicyclic) bond motifs is 1. The molecule has 2 aromatic rings. The molecular weight excluding hydrogens is 584 g/mol. The average molecular weight is 625 g/mol. The fourth-order valence-electron chi connectivity index (χ4n) is 5.88. The lowest BCUT2D eigenvalue weighted by atomic mass is 9.87. The molecule has 44 heavy (non-hydrogen) atoms. The number of nitrogens with zero attached hydrogens (tertiary/aromatic N) is 3. The van der Waals surface area contributed by atoms with Gasteiger partial charge in [-0.1, -0.05) is 60.7 Å². The maximum absolute atomic E-state index is 13.7. The number of hydrogen-bond donors (Lipinski definition) is 2. The van der Waals surface area contributed by atoms with Gasteiger partial charge in [0.2, 0.25) is 11.8 Å². The highest BCUT2D eigenvalue weighted by molar-refractivity contribution is 8.01. The van der Waals surface area contributed by atoms with Gasteiger partial charge in [0.25, 0.3) is 5.91 Å². The maximum atomic E-state index is 13.7. The summed E-state index contributed by atoms with van der Waals surface area (Å²) in [7, 11) is 0. The molecule has 0 spiro atoms. The first-order chi connectivity index (χ1) is 21.2. The van der Waals surface area contributed by atoms with Crippen LogP contribution in [-0.2, 0) is 41.8 Å². The summed E-state index contributed by atoms with van der Waals surface area (Å²) >= 11 is 1.37. The fraction of sp³-hybridized carbons (Fsp3) is 0.500.